The van der Waals surface area contributed by atoms with E-state index in [2.05, 4.69) is 0 Å². The molecule has 2 N–H and O–H groups in total. The Morgan fingerprint density at radius 1 is 1.15 bits per heavy atom. The molecule has 2 unspecified atom stereocenters. The normalized spacial score (nSPS) is 28.6. The quantitative estimate of drug-likeness (QED) is 0.666. The van der Waals surface area contributed by atoms with Gasteiger partial charge in [-0.15, -0.1) is 0 Å². The molecule has 3 rings (SSSR count). The van der Waals surface area contributed by atoms with E-state index in [0.29, 0.717) is 0 Å². The van der Waals surface area contributed by atoms with Crippen LogP contribution in [-0.4, -0.2) is 48.3 Å². The summed E-state index contributed by atoms with van der Waals surface area (Å²) >= 11 is 0. The van der Waals surface area contributed by atoms with Gasteiger partial charge in [0.05, 0.1) is 22.9 Å². The first-order valence-electron chi connectivity index (χ1n) is 6.06. The van der Waals surface area contributed by atoms with Gasteiger partial charge in [-0.25, -0.2) is 8.42 Å². The van der Waals surface area contributed by atoms with Crippen LogP contribution in [0.4, 0.5) is 0 Å². The number of hydrogen-bond donors (Lipinski definition) is 2. The Balaban J connectivity index is 1.94. The molecule has 2 heterocycles. The zero-order valence-electron chi connectivity index (χ0n) is 10.3. The minimum Gasteiger partial charge on any atom is -0.375 e. The fourth-order valence-electron chi connectivity index (χ4n) is 2.53. The minimum absolute atomic E-state index is 0.0158. The first-order valence-corrected chi connectivity index (χ1v) is 7.71. The van der Waals surface area contributed by atoms with E-state index in [4.69, 9.17) is 0 Å². The molecule has 2 amide bonds. The van der Waals surface area contributed by atoms with Gasteiger partial charge in [0.2, 0.25) is 10.0 Å². The van der Waals surface area contributed by atoms with Crippen molar-refractivity contribution in [3.05, 3.63) is 35.4 Å². The molecule has 7 nitrogen and oxygen atoms in total. The molecule has 106 valence electrons. The van der Waals surface area contributed by atoms with Gasteiger partial charge in [0.25, 0.3) is 11.8 Å². The summed E-state index contributed by atoms with van der Waals surface area (Å²) in [5.74, 6) is -1.24. The number of nitrogens with zero attached hydrogens (tertiary/aromatic N) is 1. The van der Waals surface area contributed by atoms with Gasteiger partial charge in [-0.2, -0.15) is 4.72 Å². The van der Waals surface area contributed by atoms with Gasteiger partial charge in [0.1, 0.15) is 6.23 Å². The number of nitrogens with one attached hydrogen (secondary N) is 1. The van der Waals surface area contributed by atoms with Crippen LogP contribution < -0.4 is 4.72 Å². The number of rotatable bonds is 1. The molecule has 2 aliphatic rings. The summed E-state index contributed by atoms with van der Waals surface area (Å²) in [6.07, 6.45) is -1.46. The van der Waals surface area contributed by atoms with Crippen LogP contribution in [0.2, 0.25) is 0 Å². The Bertz CT molecular complexity index is 665. The highest BCUT2D eigenvalue weighted by Crippen LogP contribution is 2.27. The van der Waals surface area contributed by atoms with Crippen LogP contribution in [-0.2, 0) is 10.0 Å². The molecule has 1 fully saturated rings. The summed E-state index contributed by atoms with van der Waals surface area (Å²) in [7, 11) is -3.55. The molecule has 0 aliphatic carbocycles. The lowest BCUT2D eigenvalue weighted by molar-refractivity contribution is 0.0277. The highest BCUT2D eigenvalue weighted by atomic mass is 32.2. The number of carbonyl (C=O) groups is 2. The number of imide groups is 1. The lowest BCUT2D eigenvalue weighted by Crippen LogP contribution is -2.58. The zero-order valence-corrected chi connectivity index (χ0v) is 11.1. The molecule has 0 radical (unpaired) electrons. The van der Waals surface area contributed by atoms with E-state index in [1.54, 1.807) is 12.1 Å². The van der Waals surface area contributed by atoms with Crippen molar-refractivity contribution < 1.29 is 23.1 Å². The molecular formula is C12H12N2O5S. The molecule has 0 spiro atoms. The fraction of sp³-hybridized carbons (Fsp3) is 0.333. The van der Waals surface area contributed by atoms with Crippen LogP contribution in [0.1, 0.15) is 27.1 Å². The summed E-state index contributed by atoms with van der Waals surface area (Å²) in [6.45, 7) is 0. The topological polar surface area (TPSA) is 104 Å². The van der Waals surface area contributed by atoms with E-state index >= 15 is 0 Å². The predicted molar refractivity (Wildman–Crippen MR) is 68.3 cm³/mol. The van der Waals surface area contributed by atoms with Crippen molar-refractivity contribution in [2.24, 2.45) is 0 Å². The maximum atomic E-state index is 12.2. The minimum atomic E-state index is -3.55. The second-order valence-corrected chi connectivity index (χ2v) is 6.64. The molecule has 20 heavy (non-hydrogen) atoms. The third-order valence-corrected chi connectivity index (χ3v) is 4.88. The maximum Gasteiger partial charge on any atom is 0.261 e. The molecule has 1 saturated heterocycles. The molecule has 8 heteroatoms. The largest absolute Gasteiger partial charge is 0.375 e. The summed E-state index contributed by atoms with van der Waals surface area (Å²) in [5, 5.41) is 9.84. The number of fused-ring (bicyclic) bond motifs is 1. The molecule has 2 aliphatic heterocycles. The first kappa shape index (κ1) is 13.2. The van der Waals surface area contributed by atoms with E-state index in [0.717, 1.165) is 4.90 Å². The summed E-state index contributed by atoms with van der Waals surface area (Å²) in [4.78, 5) is 25.4. The van der Waals surface area contributed by atoms with E-state index in [1.807, 2.05) is 4.72 Å². The van der Waals surface area contributed by atoms with Gasteiger partial charge in [0, 0.05) is 0 Å². The van der Waals surface area contributed by atoms with Crippen molar-refractivity contribution >= 4 is 21.8 Å². The lowest BCUT2D eigenvalue weighted by atomic mass is 10.1. The molecule has 0 saturated carbocycles. The number of aliphatic hydroxyl groups excluding tert-OH is 1. The first-order chi connectivity index (χ1) is 9.41. The highest BCUT2D eigenvalue weighted by Gasteiger charge is 2.45. The second-order valence-electron chi connectivity index (χ2n) is 4.76. The average Bonchev–Trinajstić information content (AvgIpc) is 2.63. The lowest BCUT2D eigenvalue weighted by Gasteiger charge is -2.33. The third kappa shape index (κ3) is 1.92. The van der Waals surface area contributed by atoms with Crippen molar-refractivity contribution in [1.29, 1.82) is 0 Å². The number of hydrogen-bond acceptors (Lipinski definition) is 5. The standard InChI is InChI=1S/C12H12N2O5S/c15-10-9(5-6-20(18,19)13-10)14-11(16)7-3-1-2-4-8(7)12(14)17/h1-4,9-10,13,15H,5-6H2. The highest BCUT2D eigenvalue weighted by molar-refractivity contribution is 7.89. The van der Waals surface area contributed by atoms with Gasteiger partial charge in [-0.05, 0) is 18.6 Å². The average molecular weight is 296 g/mol. The molecule has 1 aromatic carbocycles. The Labute approximate surface area is 115 Å². The Morgan fingerprint density at radius 2 is 1.70 bits per heavy atom. The summed E-state index contributed by atoms with van der Waals surface area (Å²) < 4.78 is 24.7. The smallest absolute Gasteiger partial charge is 0.261 e. The van der Waals surface area contributed by atoms with Gasteiger partial charge in [-0.3, -0.25) is 14.5 Å². The van der Waals surface area contributed by atoms with Gasteiger partial charge >= 0.3 is 0 Å². The monoisotopic (exact) mass is 296 g/mol. The SMILES string of the molecule is O=C1c2ccccc2C(=O)N1C1CCS(=O)(=O)NC1O. The van der Waals surface area contributed by atoms with Crippen molar-refractivity contribution in [3.8, 4) is 0 Å². The summed E-state index contributed by atoms with van der Waals surface area (Å²) in [5.41, 5.74) is 0.552. The van der Waals surface area contributed by atoms with E-state index in [9.17, 15) is 23.1 Å². The number of amides is 2. The van der Waals surface area contributed by atoms with E-state index in [1.165, 1.54) is 12.1 Å². The summed E-state index contributed by atoms with van der Waals surface area (Å²) in [6, 6.07) is 5.48. The van der Waals surface area contributed by atoms with Crippen LogP contribution in [0.25, 0.3) is 0 Å². The van der Waals surface area contributed by atoms with Gasteiger partial charge < -0.3 is 5.11 Å². The third-order valence-electron chi connectivity index (χ3n) is 3.50. The Kier molecular flexibility index (Phi) is 2.89. The molecule has 1 aromatic rings. The zero-order chi connectivity index (χ0) is 14.5. The fourth-order valence-corrected chi connectivity index (χ4v) is 3.73. The van der Waals surface area contributed by atoms with Gasteiger partial charge in [-0.1, -0.05) is 12.1 Å². The van der Waals surface area contributed by atoms with Crippen LogP contribution in [0.3, 0.4) is 0 Å². The van der Waals surface area contributed by atoms with Crippen LogP contribution >= 0.6 is 0 Å². The van der Waals surface area contributed by atoms with Gasteiger partial charge in [0.15, 0.2) is 0 Å². The van der Waals surface area contributed by atoms with Crippen molar-refractivity contribution in [2.75, 3.05) is 5.75 Å². The van der Waals surface area contributed by atoms with E-state index < -0.39 is 34.1 Å². The Hall–Kier alpha value is -1.77. The second kappa shape index (κ2) is 4.37. The molecular weight excluding hydrogens is 284 g/mol. The maximum absolute atomic E-state index is 12.2. The molecule has 0 bridgehead atoms. The predicted octanol–water partition coefficient (Wildman–Crippen LogP) is -0.707. The Morgan fingerprint density at radius 3 is 2.20 bits per heavy atom. The van der Waals surface area contributed by atoms with Crippen LogP contribution in [0.15, 0.2) is 24.3 Å². The van der Waals surface area contributed by atoms with Crippen molar-refractivity contribution in [2.45, 2.75) is 18.7 Å². The number of sulfonamides is 1. The van der Waals surface area contributed by atoms with Crippen molar-refractivity contribution in [1.82, 2.24) is 9.62 Å². The number of benzene rings is 1. The number of aliphatic hydroxyl groups is 1. The molecule has 0 aromatic heterocycles. The molecule has 2 atom stereocenters. The van der Waals surface area contributed by atoms with E-state index in [-0.39, 0.29) is 23.3 Å². The van der Waals surface area contributed by atoms with Crippen LogP contribution in [0.5, 0.6) is 0 Å². The number of carbonyl (C=O) groups excluding carboxylic acids is 2. The van der Waals surface area contributed by atoms with Crippen molar-refractivity contribution in [3.63, 3.8) is 0 Å². The van der Waals surface area contributed by atoms with Crippen LogP contribution in [0, 0.1) is 0 Å².